The first-order chi connectivity index (χ1) is 20.1. The topological polar surface area (TPSA) is 121 Å². The van der Waals surface area contributed by atoms with Gasteiger partial charge in [-0.25, -0.2) is 4.99 Å². The van der Waals surface area contributed by atoms with Crippen LogP contribution in [-0.2, 0) is 25.5 Å². The van der Waals surface area contributed by atoms with E-state index in [2.05, 4.69) is 9.73 Å². The highest BCUT2D eigenvalue weighted by Crippen LogP contribution is 2.38. The fraction of sp³-hybridized carbons (Fsp3) is 0.321. The second kappa shape index (κ2) is 12.5. The number of fused-ring (bicyclic) bond motifs is 1. The van der Waals surface area contributed by atoms with Crippen molar-refractivity contribution < 1.29 is 42.1 Å². The summed E-state index contributed by atoms with van der Waals surface area (Å²) in [4.78, 5) is 42.8. The Hall–Kier alpha value is -4.03. The van der Waals surface area contributed by atoms with Crippen LogP contribution >= 0.6 is 23.2 Å². The molecule has 10 nitrogen and oxygen atoms in total. The molecule has 0 saturated heterocycles. The lowest BCUT2D eigenvalue weighted by molar-refractivity contribution is -0.605. The average molecular weight is 622 g/mol. The summed E-state index contributed by atoms with van der Waals surface area (Å²) >= 11 is 12.6. The van der Waals surface area contributed by atoms with Crippen molar-refractivity contribution in [3.63, 3.8) is 0 Å². The highest BCUT2D eigenvalue weighted by atomic mass is 35.5. The molecule has 0 unspecified atom stereocenters. The number of allylic oxidation sites excluding steroid dienone is 4. The Bertz CT molecular complexity index is 1500. The minimum Gasteiger partial charge on any atom is -0.619 e. The van der Waals surface area contributed by atoms with Crippen molar-refractivity contribution in [1.82, 2.24) is 4.90 Å². The SMILES string of the molecule is O=C(CN1C(=O)C(=O)N=C2CC=CC=C21)O[C@@H](Cc1c(Cl)c[n+]([O-])cc1Cl)c1ccc(OC(F)F)c(OCC2CC2)c1. The van der Waals surface area contributed by atoms with Gasteiger partial charge >= 0.3 is 24.4 Å². The number of halogens is 4. The van der Waals surface area contributed by atoms with Crippen LogP contribution < -0.4 is 14.2 Å². The summed E-state index contributed by atoms with van der Waals surface area (Å²) in [6.45, 7) is -3.43. The van der Waals surface area contributed by atoms with Crippen molar-refractivity contribution in [2.45, 2.75) is 38.4 Å². The standard InChI is InChI=1S/C28H23Cl2F2N3O7/c29-18-11-34(39)12-19(30)17(18)10-23(16-7-8-22(42-28(31)32)24(9-16)40-14-15-5-6-15)41-25(36)13-35-21-4-2-1-3-20(21)33-26(37)27(35)38/h1-2,4,7-9,11-12,15,23,28H,3,5-6,10,13-14H2/t23-/m0/s1. The number of rotatable bonds is 11. The molecule has 220 valence electrons. The van der Waals surface area contributed by atoms with Crippen LogP contribution in [0.4, 0.5) is 8.78 Å². The number of carbonyl (C=O) groups excluding carboxylic acids is 3. The van der Waals surface area contributed by atoms with Crippen LogP contribution in [0.2, 0.25) is 10.0 Å². The van der Waals surface area contributed by atoms with Crippen molar-refractivity contribution in [1.29, 1.82) is 0 Å². The molecule has 1 aromatic carbocycles. The maximum atomic E-state index is 13.3. The first-order valence-electron chi connectivity index (χ1n) is 12.9. The molecule has 0 bridgehead atoms. The molecule has 0 spiro atoms. The van der Waals surface area contributed by atoms with Crippen LogP contribution in [0.15, 0.2) is 59.5 Å². The van der Waals surface area contributed by atoms with E-state index in [4.69, 9.17) is 32.7 Å². The van der Waals surface area contributed by atoms with Crippen molar-refractivity contribution >= 4 is 46.7 Å². The van der Waals surface area contributed by atoms with Crippen molar-refractivity contribution in [2.24, 2.45) is 10.9 Å². The van der Waals surface area contributed by atoms with Gasteiger partial charge < -0.3 is 19.4 Å². The maximum absolute atomic E-state index is 13.3. The van der Waals surface area contributed by atoms with E-state index in [0.29, 0.717) is 34.0 Å². The van der Waals surface area contributed by atoms with Gasteiger partial charge in [-0.3, -0.25) is 19.3 Å². The predicted octanol–water partition coefficient (Wildman–Crippen LogP) is 4.50. The fourth-order valence-corrected chi connectivity index (χ4v) is 5.03. The van der Waals surface area contributed by atoms with Gasteiger partial charge in [-0.15, -0.1) is 0 Å². The minimum atomic E-state index is -3.10. The average Bonchev–Trinajstić information content (AvgIpc) is 3.76. The number of ether oxygens (including phenoxy) is 3. The number of benzene rings is 1. The zero-order valence-corrected chi connectivity index (χ0v) is 23.3. The van der Waals surface area contributed by atoms with Gasteiger partial charge in [0.05, 0.1) is 18.0 Å². The summed E-state index contributed by atoms with van der Waals surface area (Å²) in [6, 6.07) is 4.08. The van der Waals surface area contributed by atoms with Crippen molar-refractivity contribution in [3.8, 4) is 11.5 Å². The summed E-state index contributed by atoms with van der Waals surface area (Å²) in [5, 5.41) is 11.8. The van der Waals surface area contributed by atoms with Crippen molar-refractivity contribution in [3.05, 3.63) is 80.9 Å². The fourth-order valence-electron chi connectivity index (χ4n) is 4.43. The van der Waals surface area contributed by atoms with Crippen LogP contribution in [0, 0.1) is 11.1 Å². The lowest BCUT2D eigenvalue weighted by Gasteiger charge is -2.29. The van der Waals surface area contributed by atoms with Gasteiger partial charge in [-0.1, -0.05) is 41.4 Å². The molecule has 14 heteroatoms. The molecule has 1 saturated carbocycles. The Morgan fingerprint density at radius 2 is 1.90 bits per heavy atom. The molecular formula is C28H23Cl2F2N3O7. The monoisotopic (exact) mass is 621 g/mol. The second-order valence-electron chi connectivity index (χ2n) is 9.75. The number of esters is 1. The highest BCUT2D eigenvalue weighted by molar-refractivity contribution is 6.41. The first kappa shape index (κ1) is 29.5. The minimum absolute atomic E-state index is 0.00165. The second-order valence-corrected chi connectivity index (χ2v) is 10.6. The van der Waals surface area contributed by atoms with Gasteiger partial charge in [0.2, 0.25) is 0 Å². The summed E-state index contributed by atoms with van der Waals surface area (Å²) in [5.41, 5.74) is 1.22. The number of nitrogens with zero attached hydrogens (tertiary/aromatic N) is 3. The van der Waals surface area contributed by atoms with Crippen LogP contribution in [-0.4, -0.2) is 48.2 Å². The number of carbonyl (C=O) groups is 3. The molecule has 2 aliphatic carbocycles. The number of hydrogen-bond donors (Lipinski definition) is 0. The lowest BCUT2D eigenvalue weighted by Crippen LogP contribution is -2.45. The number of hydrogen-bond acceptors (Lipinski definition) is 7. The zero-order valence-electron chi connectivity index (χ0n) is 21.8. The molecule has 42 heavy (non-hydrogen) atoms. The Kier molecular flexibility index (Phi) is 8.74. The molecule has 1 aromatic heterocycles. The summed E-state index contributed by atoms with van der Waals surface area (Å²) in [6.07, 6.45) is 8.08. The third-order valence-corrected chi connectivity index (χ3v) is 7.34. The molecule has 1 aliphatic heterocycles. The molecule has 2 heterocycles. The number of aliphatic imine (C=N–C) groups is 1. The molecule has 2 amide bonds. The van der Waals surface area contributed by atoms with E-state index in [0.717, 1.165) is 30.1 Å². The molecule has 1 atom stereocenters. The van der Waals surface area contributed by atoms with E-state index in [1.807, 2.05) is 0 Å². The Balaban J connectivity index is 1.45. The summed E-state index contributed by atoms with van der Waals surface area (Å²) < 4.78 is 42.7. The van der Waals surface area contributed by atoms with Crippen LogP contribution in [0.5, 0.6) is 11.5 Å². The highest BCUT2D eigenvalue weighted by Gasteiger charge is 2.35. The van der Waals surface area contributed by atoms with Crippen LogP contribution in [0.25, 0.3) is 0 Å². The maximum Gasteiger partial charge on any atom is 0.387 e. The van der Waals surface area contributed by atoms with Gasteiger partial charge in [0.1, 0.15) is 22.7 Å². The molecule has 0 N–H and O–H groups in total. The smallest absolute Gasteiger partial charge is 0.387 e. The summed E-state index contributed by atoms with van der Waals surface area (Å²) in [7, 11) is 0. The van der Waals surface area contributed by atoms with E-state index in [1.165, 1.54) is 18.2 Å². The van der Waals surface area contributed by atoms with E-state index in [9.17, 15) is 28.4 Å². The molecule has 1 fully saturated rings. The predicted molar refractivity (Wildman–Crippen MR) is 145 cm³/mol. The molecule has 3 aliphatic rings. The molecular weight excluding hydrogens is 599 g/mol. The quantitative estimate of drug-likeness (QED) is 0.157. The third kappa shape index (κ3) is 6.88. The van der Waals surface area contributed by atoms with E-state index in [1.54, 1.807) is 18.2 Å². The Labute approximate surface area is 248 Å². The number of pyridine rings is 1. The largest absolute Gasteiger partial charge is 0.619 e. The van der Waals surface area contributed by atoms with Crippen LogP contribution in [0.1, 0.15) is 36.5 Å². The van der Waals surface area contributed by atoms with Gasteiger partial charge in [-0.2, -0.15) is 13.5 Å². The Morgan fingerprint density at radius 1 is 1.17 bits per heavy atom. The van der Waals surface area contributed by atoms with Crippen LogP contribution in [0.3, 0.4) is 0 Å². The molecule has 5 rings (SSSR count). The first-order valence-corrected chi connectivity index (χ1v) is 13.6. The zero-order chi connectivity index (χ0) is 30.0. The van der Waals surface area contributed by atoms with Gasteiger partial charge in [0.15, 0.2) is 23.9 Å². The number of amides is 2. The Morgan fingerprint density at radius 3 is 2.60 bits per heavy atom. The number of alkyl halides is 2. The van der Waals surface area contributed by atoms with E-state index in [-0.39, 0.29) is 40.1 Å². The normalized spacial score (nSPS) is 17.0. The van der Waals surface area contributed by atoms with Crippen molar-refractivity contribution in [2.75, 3.05) is 13.2 Å². The third-order valence-electron chi connectivity index (χ3n) is 6.69. The molecule has 0 radical (unpaired) electrons. The van der Waals surface area contributed by atoms with Gasteiger partial charge in [0.25, 0.3) is 0 Å². The van der Waals surface area contributed by atoms with Gasteiger partial charge in [-0.05, 0) is 42.5 Å². The van der Waals surface area contributed by atoms with E-state index < -0.39 is 37.0 Å². The summed E-state index contributed by atoms with van der Waals surface area (Å²) in [5.74, 6) is -2.79. The lowest BCUT2D eigenvalue weighted by atomic mass is 10.0. The van der Waals surface area contributed by atoms with Gasteiger partial charge in [0, 0.05) is 18.4 Å². The van der Waals surface area contributed by atoms with E-state index >= 15 is 0 Å². The number of aromatic nitrogens is 1. The molecule has 2 aromatic rings.